The Morgan fingerprint density at radius 2 is 1.58 bits per heavy atom. The van der Waals surface area contributed by atoms with E-state index in [9.17, 15) is 26.3 Å². The minimum atomic E-state index is -5.47. The average Bonchev–Trinajstić information content (AvgIpc) is 2.54. The predicted octanol–water partition coefficient (Wildman–Crippen LogP) is 3.47. The van der Waals surface area contributed by atoms with Crippen molar-refractivity contribution in [1.82, 2.24) is 15.0 Å². The van der Waals surface area contributed by atoms with Crippen molar-refractivity contribution in [3.8, 4) is 0 Å². The number of nitrogens with zero attached hydrogens (tertiary/aromatic N) is 2. The smallest absolute Gasteiger partial charge is 0.340 e. The zero-order valence-electron chi connectivity index (χ0n) is 9.39. The van der Waals surface area contributed by atoms with Gasteiger partial charge in [-0.2, -0.15) is 26.3 Å². The van der Waals surface area contributed by atoms with Crippen molar-refractivity contribution in [3.63, 3.8) is 0 Å². The lowest BCUT2D eigenvalue weighted by Gasteiger charge is -2.20. The molecule has 9 heteroatoms. The molecule has 104 valence electrons. The van der Waals surface area contributed by atoms with Crippen LogP contribution in [0.5, 0.6) is 0 Å². The van der Waals surface area contributed by atoms with Crippen molar-refractivity contribution in [2.24, 2.45) is 0 Å². The number of halogens is 6. The first-order valence-corrected chi connectivity index (χ1v) is 5.06. The summed E-state index contributed by atoms with van der Waals surface area (Å²) in [5.74, 6) is -4.84. The van der Waals surface area contributed by atoms with Crippen LogP contribution in [0.1, 0.15) is 17.4 Å². The Morgan fingerprint density at radius 3 is 2.11 bits per heavy atom. The number of hydrogen-bond donors (Lipinski definition) is 1. The maximum Gasteiger partial charge on any atom is 0.407 e. The van der Waals surface area contributed by atoms with Gasteiger partial charge in [0.25, 0.3) is 0 Å². The van der Waals surface area contributed by atoms with Gasteiger partial charge in [-0.1, -0.05) is 0 Å². The zero-order chi connectivity index (χ0) is 14.4. The van der Waals surface area contributed by atoms with Crippen LogP contribution >= 0.6 is 0 Å². The van der Waals surface area contributed by atoms with Crippen LogP contribution in [0.25, 0.3) is 11.2 Å². The molecule has 0 saturated heterocycles. The molecule has 0 fully saturated rings. The van der Waals surface area contributed by atoms with Gasteiger partial charge in [0.15, 0.2) is 5.65 Å². The van der Waals surface area contributed by atoms with E-state index in [1.165, 1.54) is 12.1 Å². The molecule has 0 aliphatic carbocycles. The average molecular weight is 283 g/mol. The van der Waals surface area contributed by atoms with Gasteiger partial charge in [-0.15, -0.1) is 0 Å². The number of rotatable bonds is 1. The third kappa shape index (κ3) is 2.64. The number of aryl methyl sites for hydroxylation is 1. The Hall–Kier alpha value is -1.80. The topological polar surface area (TPSA) is 41.6 Å². The molecule has 0 bridgehead atoms. The minimum absolute atomic E-state index is 0.0269. The number of hydrogen-bond acceptors (Lipinski definition) is 2. The molecule has 2 rings (SSSR count). The summed E-state index contributed by atoms with van der Waals surface area (Å²) < 4.78 is 75.1. The largest absolute Gasteiger partial charge is 0.407 e. The third-order valence-electron chi connectivity index (χ3n) is 2.43. The molecule has 0 aromatic carbocycles. The highest BCUT2D eigenvalue weighted by atomic mass is 19.4. The normalized spacial score (nSPS) is 13.5. The first-order valence-electron chi connectivity index (χ1n) is 5.06. The fraction of sp³-hybridized carbons (Fsp3) is 0.400. The van der Waals surface area contributed by atoms with E-state index in [0.717, 1.165) is 0 Å². The first-order chi connectivity index (χ1) is 8.59. The fourth-order valence-electron chi connectivity index (χ4n) is 1.64. The SMILES string of the molecule is Cc1ccc2[nH]c(C(C(F)(F)F)C(F)(F)F)nc2n1. The van der Waals surface area contributed by atoms with Crippen molar-refractivity contribution < 1.29 is 26.3 Å². The van der Waals surface area contributed by atoms with E-state index in [0.29, 0.717) is 5.69 Å². The molecular formula is C10H7F6N3. The molecule has 0 aliphatic heterocycles. The number of pyridine rings is 1. The third-order valence-corrected chi connectivity index (χ3v) is 2.43. The maximum atomic E-state index is 12.5. The van der Waals surface area contributed by atoms with E-state index in [2.05, 4.69) is 9.97 Å². The Labute approximate surface area is 102 Å². The number of alkyl halides is 6. The number of aromatic nitrogens is 3. The summed E-state index contributed by atoms with van der Waals surface area (Å²) in [7, 11) is 0. The summed E-state index contributed by atoms with van der Waals surface area (Å²) in [5, 5.41) is 0. The van der Waals surface area contributed by atoms with Crippen LogP contribution in [0.2, 0.25) is 0 Å². The van der Waals surface area contributed by atoms with E-state index >= 15 is 0 Å². The monoisotopic (exact) mass is 283 g/mol. The van der Waals surface area contributed by atoms with Gasteiger partial charge in [0.2, 0.25) is 5.92 Å². The van der Waals surface area contributed by atoms with Crippen LogP contribution in [-0.4, -0.2) is 27.3 Å². The maximum absolute atomic E-state index is 12.5. The zero-order valence-corrected chi connectivity index (χ0v) is 9.39. The van der Waals surface area contributed by atoms with E-state index < -0.39 is 24.1 Å². The molecule has 0 saturated carbocycles. The van der Waals surface area contributed by atoms with E-state index in [-0.39, 0.29) is 11.2 Å². The standard InChI is InChI=1S/C10H7F6N3/c1-4-2-3-5-7(17-4)19-8(18-5)6(9(11,12)13)10(14,15)16/h2-3,6H,1H3,(H,17,18,19). The summed E-state index contributed by atoms with van der Waals surface area (Å²) >= 11 is 0. The molecule has 0 spiro atoms. The molecule has 0 aliphatic rings. The number of H-pyrrole nitrogens is 1. The second-order valence-corrected chi connectivity index (χ2v) is 3.96. The summed E-state index contributed by atoms with van der Waals surface area (Å²) in [5.41, 5.74) is 0.300. The molecule has 0 atom stereocenters. The van der Waals surface area contributed by atoms with Crippen LogP contribution in [-0.2, 0) is 0 Å². The second-order valence-electron chi connectivity index (χ2n) is 3.96. The Morgan fingerprint density at radius 1 is 1.00 bits per heavy atom. The highest BCUT2D eigenvalue weighted by Gasteiger charge is 2.59. The van der Waals surface area contributed by atoms with Gasteiger partial charge >= 0.3 is 12.4 Å². The van der Waals surface area contributed by atoms with Gasteiger partial charge in [-0.05, 0) is 19.1 Å². The lowest BCUT2D eigenvalue weighted by Crippen LogP contribution is -2.34. The van der Waals surface area contributed by atoms with Crippen LogP contribution in [0.15, 0.2) is 12.1 Å². The van der Waals surface area contributed by atoms with Crippen LogP contribution in [0.3, 0.4) is 0 Å². The van der Waals surface area contributed by atoms with Crippen LogP contribution < -0.4 is 0 Å². The molecule has 0 radical (unpaired) electrons. The molecule has 2 heterocycles. The highest BCUT2D eigenvalue weighted by molar-refractivity contribution is 5.70. The van der Waals surface area contributed by atoms with Gasteiger partial charge in [0.1, 0.15) is 5.82 Å². The minimum Gasteiger partial charge on any atom is -0.340 e. The summed E-state index contributed by atoms with van der Waals surface area (Å²) in [6.07, 6.45) is -10.9. The number of nitrogens with one attached hydrogen (secondary N) is 1. The fourth-order valence-corrected chi connectivity index (χ4v) is 1.64. The number of fused-ring (bicyclic) bond motifs is 1. The summed E-state index contributed by atoms with van der Waals surface area (Å²) in [4.78, 5) is 9.09. The van der Waals surface area contributed by atoms with Crippen molar-refractivity contribution in [2.45, 2.75) is 25.2 Å². The highest BCUT2D eigenvalue weighted by Crippen LogP contribution is 2.45. The predicted molar refractivity (Wildman–Crippen MR) is 53.5 cm³/mol. The second kappa shape index (κ2) is 4.10. The summed E-state index contributed by atoms with van der Waals surface area (Å²) in [6, 6.07) is 2.79. The quantitative estimate of drug-likeness (QED) is 0.814. The molecule has 2 aromatic heterocycles. The lowest BCUT2D eigenvalue weighted by molar-refractivity contribution is -0.255. The van der Waals surface area contributed by atoms with Crippen molar-refractivity contribution in [1.29, 1.82) is 0 Å². The van der Waals surface area contributed by atoms with E-state index in [1.807, 2.05) is 4.98 Å². The van der Waals surface area contributed by atoms with Crippen molar-refractivity contribution in [2.75, 3.05) is 0 Å². The first kappa shape index (κ1) is 13.6. The van der Waals surface area contributed by atoms with Crippen LogP contribution in [0.4, 0.5) is 26.3 Å². The van der Waals surface area contributed by atoms with Crippen molar-refractivity contribution in [3.05, 3.63) is 23.7 Å². The lowest BCUT2D eigenvalue weighted by atomic mass is 10.1. The van der Waals surface area contributed by atoms with Gasteiger partial charge in [-0.25, -0.2) is 9.97 Å². The number of aromatic amines is 1. The van der Waals surface area contributed by atoms with Crippen molar-refractivity contribution >= 4 is 11.2 Å². The molecule has 3 nitrogen and oxygen atoms in total. The molecule has 0 amide bonds. The van der Waals surface area contributed by atoms with E-state index in [4.69, 9.17) is 0 Å². The molecule has 0 unspecified atom stereocenters. The molecule has 19 heavy (non-hydrogen) atoms. The Bertz CT molecular complexity index is 583. The van der Waals surface area contributed by atoms with Gasteiger partial charge in [0.05, 0.1) is 5.52 Å². The Balaban J connectivity index is 2.57. The molecule has 1 N–H and O–H groups in total. The van der Waals surface area contributed by atoms with Crippen LogP contribution in [0, 0.1) is 6.92 Å². The number of imidazole rings is 1. The molecular weight excluding hydrogens is 276 g/mol. The summed E-state index contributed by atoms with van der Waals surface area (Å²) in [6.45, 7) is 1.55. The molecule has 2 aromatic rings. The van der Waals surface area contributed by atoms with Gasteiger partial charge in [0, 0.05) is 5.69 Å². The van der Waals surface area contributed by atoms with E-state index in [1.54, 1.807) is 6.92 Å². The van der Waals surface area contributed by atoms with Gasteiger partial charge in [-0.3, -0.25) is 0 Å². The van der Waals surface area contributed by atoms with Gasteiger partial charge < -0.3 is 4.98 Å². The Kier molecular flexibility index (Phi) is 2.94.